The number of nitrogens with zero attached hydrogens (tertiary/aromatic N) is 1. The molecule has 1 N–H and O–H groups in total. The van der Waals surface area contributed by atoms with Crippen LogP contribution >= 0.6 is 11.6 Å². The van der Waals surface area contributed by atoms with Crippen molar-refractivity contribution in [3.63, 3.8) is 0 Å². The first-order valence-electron chi connectivity index (χ1n) is 6.34. The van der Waals surface area contributed by atoms with Gasteiger partial charge in [0, 0.05) is 11.6 Å². The standard InChI is InChI=1S/C16H14ClFN2/c1-2-20-10-12-3-4-14(17)8-16(12)13-5-11(9-19)6-15(18)7-13/h3-8,20H,2,10H2,1H3. The Morgan fingerprint density at radius 2 is 2.05 bits per heavy atom. The van der Waals surface area contributed by atoms with Gasteiger partial charge in [0.05, 0.1) is 11.6 Å². The summed E-state index contributed by atoms with van der Waals surface area (Å²) in [4.78, 5) is 0. The van der Waals surface area contributed by atoms with Crippen molar-refractivity contribution in [1.29, 1.82) is 5.26 Å². The predicted octanol–water partition coefficient (Wildman–Crippen LogP) is 4.13. The average molecular weight is 289 g/mol. The summed E-state index contributed by atoms with van der Waals surface area (Å²) in [5.41, 5.74) is 2.83. The van der Waals surface area contributed by atoms with Crippen molar-refractivity contribution in [2.75, 3.05) is 6.54 Å². The lowest BCUT2D eigenvalue weighted by Crippen LogP contribution is -2.12. The molecule has 0 unspecified atom stereocenters. The third kappa shape index (κ3) is 3.36. The molecule has 0 aliphatic heterocycles. The number of halogens is 2. The van der Waals surface area contributed by atoms with Crippen LogP contribution in [0.25, 0.3) is 11.1 Å². The van der Waals surface area contributed by atoms with Gasteiger partial charge in [-0.25, -0.2) is 4.39 Å². The molecule has 0 aliphatic rings. The van der Waals surface area contributed by atoms with E-state index >= 15 is 0 Å². The van der Waals surface area contributed by atoms with Crippen LogP contribution in [0.15, 0.2) is 36.4 Å². The fourth-order valence-electron chi connectivity index (χ4n) is 2.04. The predicted molar refractivity (Wildman–Crippen MR) is 78.9 cm³/mol. The molecular formula is C16H14ClFN2. The van der Waals surface area contributed by atoms with Crippen LogP contribution in [0.5, 0.6) is 0 Å². The molecule has 4 heteroatoms. The van der Waals surface area contributed by atoms with Crippen LogP contribution in [-0.4, -0.2) is 6.54 Å². The molecular weight excluding hydrogens is 275 g/mol. The molecule has 2 nitrogen and oxygen atoms in total. The van der Waals surface area contributed by atoms with Gasteiger partial charge in [0.15, 0.2) is 0 Å². The largest absolute Gasteiger partial charge is 0.313 e. The number of nitrogens with one attached hydrogen (secondary N) is 1. The first-order valence-corrected chi connectivity index (χ1v) is 6.72. The van der Waals surface area contributed by atoms with E-state index < -0.39 is 5.82 Å². The summed E-state index contributed by atoms with van der Waals surface area (Å²) in [6, 6.07) is 11.8. The molecule has 2 aromatic carbocycles. The molecule has 2 rings (SSSR count). The Labute approximate surface area is 122 Å². The average Bonchev–Trinajstić information content (AvgIpc) is 2.45. The van der Waals surface area contributed by atoms with Gasteiger partial charge in [-0.15, -0.1) is 0 Å². The topological polar surface area (TPSA) is 35.8 Å². The van der Waals surface area contributed by atoms with Gasteiger partial charge >= 0.3 is 0 Å². The van der Waals surface area contributed by atoms with Crippen molar-refractivity contribution in [1.82, 2.24) is 5.32 Å². The van der Waals surface area contributed by atoms with Gasteiger partial charge < -0.3 is 5.32 Å². The van der Waals surface area contributed by atoms with Crippen molar-refractivity contribution in [3.05, 3.63) is 58.4 Å². The molecule has 102 valence electrons. The van der Waals surface area contributed by atoms with Gasteiger partial charge in [-0.1, -0.05) is 24.6 Å². The Bertz CT molecular complexity index is 662. The second-order valence-electron chi connectivity index (χ2n) is 4.42. The molecule has 0 amide bonds. The summed E-state index contributed by atoms with van der Waals surface area (Å²) in [5, 5.41) is 12.8. The van der Waals surface area contributed by atoms with E-state index in [1.165, 1.54) is 12.1 Å². The van der Waals surface area contributed by atoms with Gasteiger partial charge in [-0.3, -0.25) is 0 Å². The molecule has 0 fully saturated rings. The Morgan fingerprint density at radius 1 is 1.25 bits per heavy atom. The van der Waals surface area contributed by atoms with Crippen molar-refractivity contribution in [2.24, 2.45) is 0 Å². The van der Waals surface area contributed by atoms with Gasteiger partial charge in [0.2, 0.25) is 0 Å². The number of nitriles is 1. The Balaban J connectivity index is 2.53. The molecule has 0 bridgehead atoms. The lowest BCUT2D eigenvalue weighted by atomic mass is 9.98. The normalized spacial score (nSPS) is 10.3. The highest BCUT2D eigenvalue weighted by molar-refractivity contribution is 6.30. The first kappa shape index (κ1) is 14.5. The highest BCUT2D eigenvalue weighted by Gasteiger charge is 2.09. The summed E-state index contributed by atoms with van der Waals surface area (Å²) < 4.78 is 13.6. The van der Waals surface area contributed by atoms with Crippen LogP contribution in [0, 0.1) is 17.1 Å². The van der Waals surface area contributed by atoms with Crippen molar-refractivity contribution in [3.8, 4) is 17.2 Å². The molecule has 0 saturated heterocycles. The zero-order valence-electron chi connectivity index (χ0n) is 11.1. The molecule has 0 heterocycles. The molecule has 0 radical (unpaired) electrons. The van der Waals surface area contributed by atoms with Crippen molar-refractivity contribution < 1.29 is 4.39 Å². The van der Waals surface area contributed by atoms with Gasteiger partial charge in [0.25, 0.3) is 0 Å². The highest BCUT2D eigenvalue weighted by atomic mass is 35.5. The number of rotatable bonds is 4. The van der Waals surface area contributed by atoms with E-state index in [1.54, 1.807) is 12.1 Å². The van der Waals surface area contributed by atoms with Crippen molar-refractivity contribution >= 4 is 11.6 Å². The Morgan fingerprint density at radius 3 is 2.75 bits per heavy atom. The fourth-order valence-corrected chi connectivity index (χ4v) is 2.21. The number of benzene rings is 2. The summed E-state index contributed by atoms with van der Waals surface area (Å²) in [5.74, 6) is -0.423. The summed E-state index contributed by atoms with van der Waals surface area (Å²) in [6.07, 6.45) is 0. The van der Waals surface area contributed by atoms with E-state index in [-0.39, 0.29) is 0 Å². The minimum atomic E-state index is -0.423. The van der Waals surface area contributed by atoms with Crippen LogP contribution in [0.2, 0.25) is 5.02 Å². The molecule has 0 aliphatic carbocycles. The second-order valence-corrected chi connectivity index (χ2v) is 4.86. The van der Waals surface area contributed by atoms with Crippen molar-refractivity contribution in [2.45, 2.75) is 13.5 Å². The van der Waals surface area contributed by atoms with Gasteiger partial charge in [0.1, 0.15) is 5.82 Å². The van der Waals surface area contributed by atoms with Gasteiger partial charge in [-0.2, -0.15) is 5.26 Å². The molecule has 2 aromatic rings. The zero-order chi connectivity index (χ0) is 14.5. The second kappa shape index (κ2) is 6.51. The zero-order valence-corrected chi connectivity index (χ0v) is 11.8. The third-order valence-electron chi connectivity index (χ3n) is 2.98. The minimum absolute atomic E-state index is 0.300. The molecule has 0 atom stereocenters. The van der Waals surface area contributed by atoms with Crippen LogP contribution in [0.3, 0.4) is 0 Å². The summed E-state index contributed by atoms with van der Waals surface area (Å²) in [6.45, 7) is 3.53. The summed E-state index contributed by atoms with van der Waals surface area (Å²) in [7, 11) is 0. The fraction of sp³-hybridized carbons (Fsp3) is 0.188. The van der Waals surface area contributed by atoms with Crippen LogP contribution in [0.4, 0.5) is 4.39 Å². The highest BCUT2D eigenvalue weighted by Crippen LogP contribution is 2.28. The molecule has 0 saturated carbocycles. The maximum atomic E-state index is 13.6. The lowest BCUT2D eigenvalue weighted by molar-refractivity contribution is 0.628. The minimum Gasteiger partial charge on any atom is -0.313 e. The van der Waals surface area contributed by atoms with Gasteiger partial charge in [-0.05, 0) is 53.6 Å². The lowest BCUT2D eigenvalue weighted by Gasteiger charge is -2.11. The maximum absolute atomic E-state index is 13.6. The monoisotopic (exact) mass is 288 g/mol. The summed E-state index contributed by atoms with van der Waals surface area (Å²) >= 11 is 6.04. The van der Waals surface area contributed by atoms with E-state index in [4.69, 9.17) is 16.9 Å². The van der Waals surface area contributed by atoms with Crippen LogP contribution in [0.1, 0.15) is 18.1 Å². The SMILES string of the molecule is CCNCc1ccc(Cl)cc1-c1cc(F)cc(C#N)c1. The first-order chi connectivity index (χ1) is 9.63. The maximum Gasteiger partial charge on any atom is 0.125 e. The smallest absolute Gasteiger partial charge is 0.125 e. The van der Waals surface area contributed by atoms with E-state index in [0.29, 0.717) is 22.7 Å². The Hall–Kier alpha value is -1.89. The molecule has 0 spiro atoms. The van der Waals surface area contributed by atoms with E-state index in [9.17, 15) is 4.39 Å². The number of hydrogen-bond donors (Lipinski definition) is 1. The van der Waals surface area contributed by atoms with E-state index in [2.05, 4.69) is 5.32 Å². The van der Waals surface area contributed by atoms with Crippen LogP contribution in [-0.2, 0) is 6.54 Å². The molecule has 20 heavy (non-hydrogen) atoms. The van der Waals surface area contributed by atoms with E-state index in [0.717, 1.165) is 17.7 Å². The molecule has 0 aromatic heterocycles. The Kier molecular flexibility index (Phi) is 4.73. The number of hydrogen-bond acceptors (Lipinski definition) is 2. The van der Waals surface area contributed by atoms with Crippen LogP contribution < -0.4 is 5.32 Å². The third-order valence-corrected chi connectivity index (χ3v) is 3.21. The quantitative estimate of drug-likeness (QED) is 0.918. The van der Waals surface area contributed by atoms with E-state index in [1.807, 2.05) is 25.1 Å².